The van der Waals surface area contributed by atoms with Crippen molar-refractivity contribution in [2.45, 2.75) is 19.4 Å². The van der Waals surface area contributed by atoms with E-state index in [0.29, 0.717) is 5.69 Å². The number of nitrogens with two attached hydrogens (primary N) is 1. The molecule has 0 fully saturated rings. The van der Waals surface area contributed by atoms with E-state index in [1.54, 1.807) is 6.20 Å². The summed E-state index contributed by atoms with van der Waals surface area (Å²) in [6, 6.07) is 8.84. The van der Waals surface area contributed by atoms with Gasteiger partial charge >= 0.3 is 0 Å². The topological polar surface area (TPSA) is 63.3 Å². The van der Waals surface area contributed by atoms with Gasteiger partial charge in [-0.15, -0.1) is 0 Å². The first-order valence-electron chi connectivity index (χ1n) is 6.65. The molecule has 21 heavy (non-hydrogen) atoms. The maximum atomic E-state index is 13.2. The first-order valence-corrected chi connectivity index (χ1v) is 6.65. The molecule has 5 heteroatoms. The van der Waals surface area contributed by atoms with Crippen LogP contribution in [0.4, 0.5) is 4.39 Å². The molecule has 3 aromatic rings. The summed E-state index contributed by atoms with van der Waals surface area (Å²) in [6.45, 7) is 3.86. The fourth-order valence-corrected chi connectivity index (χ4v) is 2.32. The van der Waals surface area contributed by atoms with E-state index in [2.05, 4.69) is 4.98 Å². The third-order valence-corrected chi connectivity index (χ3v) is 3.50. The summed E-state index contributed by atoms with van der Waals surface area (Å²) in [5.41, 5.74) is 8.07. The fraction of sp³-hybridized carbons (Fsp3) is 0.188. The maximum Gasteiger partial charge on any atom is 0.272 e. The van der Waals surface area contributed by atoms with Crippen molar-refractivity contribution in [3.05, 3.63) is 64.5 Å². The Labute approximate surface area is 121 Å². The highest BCUT2D eigenvalue weighted by atomic mass is 19.1. The fourth-order valence-electron chi connectivity index (χ4n) is 2.32. The number of rotatable bonds is 2. The van der Waals surface area contributed by atoms with Gasteiger partial charge in [0.15, 0.2) is 0 Å². The number of H-pyrrole nitrogens is 1. The average molecular weight is 285 g/mol. The van der Waals surface area contributed by atoms with Crippen LogP contribution in [-0.2, 0) is 5.54 Å². The van der Waals surface area contributed by atoms with Gasteiger partial charge in [0, 0.05) is 24.0 Å². The van der Waals surface area contributed by atoms with E-state index in [1.807, 2.05) is 38.1 Å². The van der Waals surface area contributed by atoms with Gasteiger partial charge in [-0.3, -0.25) is 4.79 Å². The van der Waals surface area contributed by atoms with Crippen LogP contribution in [0.25, 0.3) is 16.8 Å². The Kier molecular flexibility index (Phi) is 2.95. The Balaban J connectivity index is 2.10. The number of hydrogen-bond donors (Lipinski definition) is 2. The molecule has 0 aliphatic heterocycles. The van der Waals surface area contributed by atoms with Crippen molar-refractivity contribution in [3.8, 4) is 11.3 Å². The minimum atomic E-state index is -0.433. The summed E-state index contributed by atoms with van der Waals surface area (Å²) in [7, 11) is 0. The minimum Gasteiger partial charge on any atom is -0.322 e. The molecule has 2 heterocycles. The standard InChI is InChI=1S/C16H16FN3O/c1-16(2,18)11-5-3-10(4-6-11)13-9-20-8-12(17)7-14(20)15(21)19-13/h3-9H,18H2,1-2H3,(H,19,21). The van der Waals surface area contributed by atoms with Crippen LogP contribution in [-0.4, -0.2) is 9.38 Å². The smallest absolute Gasteiger partial charge is 0.272 e. The number of aromatic nitrogens is 2. The highest BCUT2D eigenvalue weighted by Gasteiger charge is 2.14. The molecule has 0 radical (unpaired) electrons. The molecule has 0 saturated heterocycles. The first kappa shape index (κ1) is 13.6. The van der Waals surface area contributed by atoms with Crippen LogP contribution in [0.3, 0.4) is 0 Å². The highest BCUT2D eigenvalue weighted by Crippen LogP contribution is 2.22. The van der Waals surface area contributed by atoms with E-state index >= 15 is 0 Å². The number of halogens is 1. The van der Waals surface area contributed by atoms with Gasteiger partial charge in [-0.05, 0) is 25.0 Å². The second-order valence-corrected chi connectivity index (χ2v) is 5.75. The number of nitrogens with zero attached hydrogens (tertiary/aromatic N) is 1. The Morgan fingerprint density at radius 2 is 1.86 bits per heavy atom. The molecule has 3 rings (SSSR count). The summed E-state index contributed by atoms with van der Waals surface area (Å²) in [4.78, 5) is 14.7. The molecule has 1 aromatic carbocycles. The lowest BCUT2D eigenvalue weighted by Gasteiger charge is -2.19. The molecule has 0 unspecified atom stereocenters. The van der Waals surface area contributed by atoms with Crippen molar-refractivity contribution in [3.63, 3.8) is 0 Å². The van der Waals surface area contributed by atoms with E-state index in [9.17, 15) is 9.18 Å². The van der Waals surface area contributed by atoms with Crippen molar-refractivity contribution in [2.75, 3.05) is 0 Å². The Morgan fingerprint density at radius 1 is 1.19 bits per heavy atom. The monoisotopic (exact) mass is 285 g/mol. The number of fused-ring (bicyclic) bond motifs is 1. The molecule has 0 atom stereocenters. The zero-order valence-corrected chi connectivity index (χ0v) is 11.9. The molecular formula is C16H16FN3O. The second-order valence-electron chi connectivity index (χ2n) is 5.75. The maximum absolute atomic E-state index is 13.2. The molecule has 0 aliphatic rings. The molecule has 4 nitrogen and oxygen atoms in total. The van der Waals surface area contributed by atoms with Gasteiger partial charge in [0.05, 0.1) is 5.69 Å². The van der Waals surface area contributed by atoms with Crippen LogP contribution in [0, 0.1) is 5.82 Å². The van der Waals surface area contributed by atoms with E-state index in [-0.39, 0.29) is 11.1 Å². The molecule has 0 spiro atoms. The minimum absolute atomic E-state index is 0.288. The number of aromatic amines is 1. The molecule has 108 valence electrons. The largest absolute Gasteiger partial charge is 0.322 e. The highest BCUT2D eigenvalue weighted by molar-refractivity contribution is 5.61. The van der Waals surface area contributed by atoms with Crippen LogP contribution in [0.2, 0.25) is 0 Å². The summed E-state index contributed by atoms with van der Waals surface area (Å²) in [5, 5.41) is 0. The molecular weight excluding hydrogens is 269 g/mol. The van der Waals surface area contributed by atoms with Crippen molar-refractivity contribution in [1.29, 1.82) is 0 Å². The van der Waals surface area contributed by atoms with Crippen LogP contribution in [0.1, 0.15) is 19.4 Å². The van der Waals surface area contributed by atoms with Crippen LogP contribution < -0.4 is 11.3 Å². The SMILES string of the molecule is CC(C)(N)c1ccc(-c2cn3cc(F)cc3c(=O)[nH]2)cc1. The molecule has 0 saturated carbocycles. The van der Waals surface area contributed by atoms with Gasteiger partial charge in [0.2, 0.25) is 0 Å². The summed E-state index contributed by atoms with van der Waals surface area (Å²) in [5.74, 6) is -0.433. The number of benzene rings is 1. The number of nitrogens with one attached hydrogen (secondary N) is 1. The van der Waals surface area contributed by atoms with Crippen molar-refractivity contribution >= 4 is 5.52 Å². The third kappa shape index (κ3) is 2.48. The van der Waals surface area contributed by atoms with E-state index in [0.717, 1.165) is 11.1 Å². The predicted octanol–water partition coefficient (Wildman–Crippen LogP) is 2.63. The van der Waals surface area contributed by atoms with Gasteiger partial charge < -0.3 is 15.1 Å². The zero-order valence-electron chi connectivity index (χ0n) is 11.9. The lowest BCUT2D eigenvalue weighted by atomic mass is 9.94. The zero-order chi connectivity index (χ0) is 15.2. The Morgan fingerprint density at radius 3 is 2.48 bits per heavy atom. The van der Waals surface area contributed by atoms with E-state index in [1.165, 1.54) is 16.7 Å². The van der Waals surface area contributed by atoms with Gasteiger partial charge in [-0.25, -0.2) is 4.39 Å². The van der Waals surface area contributed by atoms with Gasteiger partial charge in [-0.2, -0.15) is 0 Å². The second kappa shape index (κ2) is 4.56. The molecule has 0 amide bonds. The van der Waals surface area contributed by atoms with Gasteiger partial charge in [0.1, 0.15) is 11.3 Å². The van der Waals surface area contributed by atoms with E-state index < -0.39 is 11.4 Å². The van der Waals surface area contributed by atoms with Gasteiger partial charge in [0.25, 0.3) is 5.56 Å². The van der Waals surface area contributed by atoms with Gasteiger partial charge in [-0.1, -0.05) is 24.3 Å². The predicted molar refractivity (Wildman–Crippen MR) is 80.6 cm³/mol. The lowest BCUT2D eigenvalue weighted by Crippen LogP contribution is -2.28. The third-order valence-electron chi connectivity index (χ3n) is 3.50. The van der Waals surface area contributed by atoms with E-state index in [4.69, 9.17) is 5.73 Å². The average Bonchev–Trinajstić information content (AvgIpc) is 2.79. The Hall–Kier alpha value is -2.40. The summed E-state index contributed by atoms with van der Waals surface area (Å²) >= 11 is 0. The molecule has 2 aromatic heterocycles. The lowest BCUT2D eigenvalue weighted by molar-refractivity contribution is 0.554. The molecule has 0 bridgehead atoms. The summed E-state index contributed by atoms with van der Waals surface area (Å²) in [6.07, 6.45) is 2.98. The van der Waals surface area contributed by atoms with Crippen molar-refractivity contribution in [2.24, 2.45) is 5.73 Å². The van der Waals surface area contributed by atoms with Crippen LogP contribution in [0.5, 0.6) is 0 Å². The number of hydrogen-bond acceptors (Lipinski definition) is 2. The molecule has 0 aliphatic carbocycles. The Bertz CT molecular complexity index is 854. The van der Waals surface area contributed by atoms with Crippen molar-refractivity contribution in [1.82, 2.24) is 9.38 Å². The van der Waals surface area contributed by atoms with Crippen LogP contribution in [0.15, 0.2) is 47.5 Å². The normalized spacial score (nSPS) is 12.0. The molecule has 3 N–H and O–H groups in total. The summed E-state index contributed by atoms with van der Waals surface area (Å²) < 4.78 is 14.7. The van der Waals surface area contributed by atoms with Crippen molar-refractivity contribution < 1.29 is 4.39 Å². The first-order chi connectivity index (χ1) is 9.84. The quantitative estimate of drug-likeness (QED) is 0.760. The van der Waals surface area contributed by atoms with Crippen LogP contribution >= 0.6 is 0 Å².